The molecule has 0 spiro atoms. The zero-order valence-corrected chi connectivity index (χ0v) is 17.7. The lowest BCUT2D eigenvalue weighted by Crippen LogP contribution is -2.18. The Morgan fingerprint density at radius 2 is 1.84 bits per heavy atom. The largest absolute Gasteiger partial charge is 0.497 e. The van der Waals surface area contributed by atoms with E-state index in [4.69, 9.17) is 10.6 Å². The van der Waals surface area contributed by atoms with E-state index in [0.717, 1.165) is 27.9 Å². The summed E-state index contributed by atoms with van der Waals surface area (Å²) in [6.45, 7) is 0.401. The second-order valence-electron chi connectivity index (χ2n) is 6.71. The van der Waals surface area contributed by atoms with Gasteiger partial charge in [-0.15, -0.1) is 10.2 Å². The van der Waals surface area contributed by atoms with Gasteiger partial charge in [-0.3, -0.25) is 4.79 Å². The fraction of sp³-hybridized carbons (Fsp3) is 0.136. The highest BCUT2D eigenvalue weighted by molar-refractivity contribution is 7.99. The number of nitrogens with zero attached hydrogens (tertiary/aromatic N) is 3. The van der Waals surface area contributed by atoms with Gasteiger partial charge in [-0.05, 0) is 35.7 Å². The first-order chi connectivity index (χ1) is 15.1. The van der Waals surface area contributed by atoms with Gasteiger partial charge < -0.3 is 21.2 Å². The predicted molar refractivity (Wildman–Crippen MR) is 124 cm³/mol. The maximum absolute atomic E-state index is 12.5. The summed E-state index contributed by atoms with van der Waals surface area (Å²) in [6, 6.07) is 21.3. The monoisotopic (exact) mass is 434 g/mol. The molecule has 1 amide bonds. The molecule has 0 saturated carbocycles. The first-order valence-corrected chi connectivity index (χ1v) is 10.6. The molecule has 0 fully saturated rings. The molecule has 0 aliphatic carbocycles. The number of fused-ring (bicyclic) bond motifs is 1. The van der Waals surface area contributed by atoms with Crippen LogP contribution in [0.3, 0.4) is 0 Å². The lowest BCUT2D eigenvalue weighted by atomic mass is 10.1. The van der Waals surface area contributed by atoms with Crippen molar-refractivity contribution >= 4 is 39.8 Å². The van der Waals surface area contributed by atoms with Gasteiger partial charge in [0.25, 0.3) is 0 Å². The van der Waals surface area contributed by atoms with E-state index in [2.05, 4.69) is 20.8 Å². The number of carbonyl (C=O) groups excluding carboxylic acids is 1. The van der Waals surface area contributed by atoms with Gasteiger partial charge >= 0.3 is 0 Å². The molecule has 0 unspecified atom stereocenters. The smallest absolute Gasteiger partial charge is 0.234 e. The van der Waals surface area contributed by atoms with Gasteiger partial charge in [0.15, 0.2) is 5.82 Å². The zero-order valence-electron chi connectivity index (χ0n) is 16.9. The molecule has 0 aliphatic rings. The third kappa shape index (κ3) is 4.89. The summed E-state index contributed by atoms with van der Waals surface area (Å²) in [5, 5.41) is 16.9. The minimum Gasteiger partial charge on any atom is -0.497 e. The van der Waals surface area contributed by atoms with E-state index in [-0.39, 0.29) is 11.7 Å². The van der Waals surface area contributed by atoms with Crippen molar-refractivity contribution < 1.29 is 9.53 Å². The number of thioether (sulfide) groups is 1. The molecule has 0 bridgehead atoms. The van der Waals surface area contributed by atoms with E-state index in [1.165, 1.54) is 16.4 Å². The molecule has 0 atom stereocenters. The number of nitrogens with two attached hydrogens (primary N) is 1. The number of hydrogen-bond acceptors (Lipinski definition) is 7. The molecule has 31 heavy (non-hydrogen) atoms. The number of carbonyl (C=O) groups is 1. The Kier molecular flexibility index (Phi) is 6.23. The van der Waals surface area contributed by atoms with Gasteiger partial charge in [-0.2, -0.15) is 0 Å². The van der Waals surface area contributed by atoms with Crippen LogP contribution in [0.25, 0.3) is 10.8 Å². The number of amides is 1. The number of aromatic nitrogens is 3. The molecule has 4 aromatic rings. The van der Waals surface area contributed by atoms with Crippen LogP contribution in [0.2, 0.25) is 0 Å². The molecule has 4 rings (SSSR count). The SMILES string of the molecule is COc1ccc(NCc2nnc(SCC(=O)Nc3cccc4ccccc34)n2N)cc1. The average Bonchev–Trinajstić information content (AvgIpc) is 3.16. The third-order valence-corrected chi connectivity index (χ3v) is 5.61. The van der Waals surface area contributed by atoms with Crippen LogP contribution in [-0.4, -0.2) is 33.6 Å². The van der Waals surface area contributed by atoms with Crippen molar-refractivity contribution in [3.05, 3.63) is 72.6 Å². The molecule has 1 aromatic heterocycles. The fourth-order valence-corrected chi connectivity index (χ4v) is 3.74. The number of rotatable bonds is 8. The quantitative estimate of drug-likeness (QED) is 0.288. The Labute approximate surface area is 183 Å². The van der Waals surface area contributed by atoms with Gasteiger partial charge in [-0.25, -0.2) is 4.68 Å². The Bertz CT molecular complexity index is 1190. The van der Waals surface area contributed by atoms with E-state index in [1.54, 1.807) is 7.11 Å². The second-order valence-corrected chi connectivity index (χ2v) is 7.66. The van der Waals surface area contributed by atoms with Crippen LogP contribution in [0.1, 0.15) is 5.82 Å². The van der Waals surface area contributed by atoms with Crippen molar-refractivity contribution in [1.82, 2.24) is 14.9 Å². The molecule has 8 nitrogen and oxygen atoms in total. The van der Waals surface area contributed by atoms with Crippen molar-refractivity contribution in [1.29, 1.82) is 0 Å². The van der Waals surface area contributed by atoms with Crippen LogP contribution in [0.4, 0.5) is 11.4 Å². The first-order valence-electron chi connectivity index (χ1n) is 9.62. The number of ether oxygens (including phenoxy) is 1. The highest BCUT2D eigenvalue weighted by atomic mass is 32.2. The minimum absolute atomic E-state index is 0.137. The van der Waals surface area contributed by atoms with E-state index < -0.39 is 0 Å². The molecular formula is C22H22N6O2S. The summed E-state index contributed by atoms with van der Waals surface area (Å²) in [4.78, 5) is 12.5. The number of anilines is 2. The maximum atomic E-state index is 12.5. The number of nitrogen functional groups attached to an aromatic ring is 1. The molecule has 3 aromatic carbocycles. The van der Waals surface area contributed by atoms with Crippen molar-refractivity contribution in [2.75, 3.05) is 29.3 Å². The predicted octanol–water partition coefficient (Wildman–Crippen LogP) is 3.50. The van der Waals surface area contributed by atoms with Gasteiger partial charge in [0, 0.05) is 16.8 Å². The molecule has 1 heterocycles. The van der Waals surface area contributed by atoms with Crippen molar-refractivity contribution in [2.24, 2.45) is 0 Å². The summed E-state index contributed by atoms with van der Waals surface area (Å²) in [5.41, 5.74) is 1.69. The summed E-state index contributed by atoms with van der Waals surface area (Å²) in [5.74, 6) is 7.49. The van der Waals surface area contributed by atoms with Gasteiger partial charge in [0.1, 0.15) is 5.75 Å². The maximum Gasteiger partial charge on any atom is 0.234 e. The van der Waals surface area contributed by atoms with E-state index >= 15 is 0 Å². The van der Waals surface area contributed by atoms with E-state index in [9.17, 15) is 4.79 Å². The second kappa shape index (κ2) is 9.40. The summed E-state index contributed by atoms with van der Waals surface area (Å²) < 4.78 is 6.54. The molecule has 9 heteroatoms. The highest BCUT2D eigenvalue weighted by Crippen LogP contribution is 2.24. The summed E-state index contributed by atoms with van der Waals surface area (Å²) in [6.07, 6.45) is 0. The van der Waals surface area contributed by atoms with Crippen molar-refractivity contribution in [3.63, 3.8) is 0 Å². The number of benzene rings is 3. The lowest BCUT2D eigenvalue weighted by Gasteiger charge is -2.09. The van der Waals surface area contributed by atoms with Crippen LogP contribution >= 0.6 is 11.8 Å². The van der Waals surface area contributed by atoms with Gasteiger partial charge in [0.05, 0.1) is 19.4 Å². The van der Waals surface area contributed by atoms with Gasteiger partial charge in [0.2, 0.25) is 11.1 Å². The Balaban J connectivity index is 1.33. The molecule has 0 radical (unpaired) electrons. The van der Waals surface area contributed by atoms with Crippen LogP contribution in [0.15, 0.2) is 71.9 Å². The Hall–Kier alpha value is -3.72. The molecule has 0 aliphatic heterocycles. The van der Waals surface area contributed by atoms with E-state index in [0.29, 0.717) is 17.5 Å². The van der Waals surface area contributed by atoms with Crippen molar-refractivity contribution in [2.45, 2.75) is 11.7 Å². The Morgan fingerprint density at radius 1 is 1.06 bits per heavy atom. The van der Waals surface area contributed by atoms with Crippen LogP contribution in [-0.2, 0) is 11.3 Å². The normalized spacial score (nSPS) is 10.7. The molecule has 4 N–H and O–H groups in total. The minimum atomic E-state index is -0.137. The lowest BCUT2D eigenvalue weighted by molar-refractivity contribution is -0.113. The topological polar surface area (TPSA) is 107 Å². The molecule has 158 valence electrons. The van der Waals surface area contributed by atoms with Crippen molar-refractivity contribution in [3.8, 4) is 5.75 Å². The van der Waals surface area contributed by atoms with E-state index in [1.807, 2.05) is 66.7 Å². The summed E-state index contributed by atoms with van der Waals surface area (Å²) >= 11 is 1.24. The first kappa shape index (κ1) is 20.5. The average molecular weight is 435 g/mol. The standard InChI is InChI=1S/C22H22N6O2S/c1-30-17-11-9-16(10-12-17)24-13-20-26-27-22(28(20)23)31-14-21(29)25-19-8-4-6-15-5-2-3-7-18(15)19/h2-12,24H,13-14,23H2,1H3,(H,25,29). The third-order valence-electron chi connectivity index (χ3n) is 4.67. The number of methoxy groups -OCH3 is 1. The number of hydrogen-bond donors (Lipinski definition) is 3. The van der Waals surface area contributed by atoms with Crippen LogP contribution in [0.5, 0.6) is 5.75 Å². The Morgan fingerprint density at radius 3 is 2.65 bits per heavy atom. The zero-order chi connectivity index (χ0) is 21.6. The molecular weight excluding hydrogens is 412 g/mol. The fourth-order valence-electron chi connectivity index (χ4n) is 3.07. The van der Waals surface area contributed by atoms with Crippen LogP contribution < -0.4 is 21.2 Å². The summed E-state index contributed by atoms with van der Waals surface area (Å²) in [7, 11) is 1.63. The van der Waals surface area contributed by atoms with Gasteiger partial charge in [-0.1, -0.05) is 48.2 Å². The van der Waals surface area contributed by atoms with Crippen LogP contribution in [0, 0.1) is 0 Å². The molecule has 0 saturated heterocycles. The number of nitrogens with one attached hydrogen (secondary N) is 2. The highest BCUT2D eigenvalue weighted by Gasteiger charge is 2.13.